The van der Waals surface area contributed by atoms with E-state index in [2.05, 4.69) is 0 Å². The van der Waals surface area contributed by atoms with Crippen molar-refractivity contribution in [3.8, 4) is 0 Å². The van der Waals surface area contributed by atoms with Gasteiger partial charge in [0.25, 0.3) is 0 Å². The minimum absolute atomic E-state index is 0.0795. The molecule has 0 bridgehead atoms. The number of halogens is 2. The fourth-order valence-electron chi connectivity index (χ4n) is 0.613. The van der Waals surface area contributed by atoms with Crippen LogP contribution >= 0.6 is 11.6 Å². The van der Waals surface area contributed by atoms with Crippen LogP contribution in [0.2, 0.25) is 5.22 Å². The molecule has 0 aromatic carbocycles. The highest BCUT2D eigenvalue weighted by Crippen LogP contribution is 2.21. The zero-order chi connectivity index (χ0) is 7.56. The summed E-state index contributed by atoms with van der Waals surface area (Å²) in [4.78, 5) is 0. The molecule has 56 valence electrons. The van der Waals surface area contributed by atoms with Crippen molar-refractivity contribution in [2.75, 3.05) is 6.54 Å². The average Bonchev–Trinajstić information content (AvgIpc) is 2.34. The maximum atomic E-state index is 12.6. The van der Waals surface area contributed by atoms with E-state index in [1.807, 2.05) is 0 Å². The van der Waals surface area contributed by atoms with Gasteiger partial charge in [0, 0.05) is 6.54 Å². The number of alkyl halides is 1. The van der Waals surface area contributed by atoms with Crippen LogP contribution < -0.4 is 5.73 Å². The molecule has 0 aliphatic heterocycles. The van der Waals surface area contributed by atoms with Gasteiger partial charge < -0.3 is 10.2 Å². The highest BCUT2D eigenvalue weighted by molar-refractivity contribution is 6.28. The van der Waals surface area contributed by atoms with Crippen molar-refractivity contribution in [1.29, 1.82) is 0 Å². The fraction of sp³-hybridized carbons (Fsp3) is 0.333. The van der Waals surface area contributed by atoms with Gasteiger partial charge in [-0.15, -0.1) is 0 Å². The Morgan fingerprint density at radius 2 is 2.40 bits per heavy atom. The second kappa shape index (κ2) is 3.03. The van der Waals surface area contributed by atoms with Crippen LogP contribution in [0.1, 0.15) is 11.9 Å². The smallest absolute Gasteiger partial charge is 0.193 e. The molecule has 1 rings (SSSR count). The predicted molar refractivity (Wildman–Crippen MR) is 36.6 cm³/mol. The Morgan fingerprint density at radius 3 is 2.80 bits per heavy atom. The molecule has 0 aliphatic carbocycles. The minimum atomic E-state index is -1.24. The molecular formula is C6H7ClFNO. The first-order valence-electron chi connectivity index (χ1n) is 2.83. The molecule has 0 spiro atoms. The van der Waals surface area contributed by atoms with Crippen LogP contribution in [-0.2, 0) is 0 Å². The molecule has 0 amide bonds. The van der Waals surface area contributed by atoms with Crippen LogP contribution in [0.15, 0.2) is 16.5 Å². The topological polar surface area (TPSA) is 39.2 Å². The highest BCUT2D eigenvalue weighted by atomic mass is 35.5. The van der Waals surface area contributed by atoms with Gasteiger partial charge in [0.2, 0.25) is 0 Å². The zero-order valence-corrected chi connectivity index (χ0v) is 5.94. The summed E-state index contributed by atoms with van der Waals surface area (Å²) < 4.78 is 17.3. The average molecular weight is 164 g/mol. The Hall–Kier alpha value is -0.540. The Bertz CT molecular complexity index is 213. The summed E-state index contributed by atoms with van der Waals surface area (Å²) in [5.41, 5.74) is 5.04. The van der Waals surface area contributed by atoms with Gasteiger partial charge in [-0.05, 0) is 23.7 Å². The fourth-order valence-corrected chi connectivity index (χ4v) is 0.765. The maximum absolute atomic E-state index is 12.6. The molecule has 2 nitrogen and oxygen atoms in total. The van der Waals surface area contributed by atoms with E-state index in [0.717, 1.165) is 0 Å². The molecule has 0 saturated carbocycles. The van der Waals surface area contributed by atoms with Crippen molar-refractivity contribution in [2.24, 2.45) is 5.73 Å². The van der Waals surface area contributed by atoms with Crippen molar-refractivity contribution in [3.05, 3.63) is 23.1 Å². The summed E-state index contributed by atoms with van der Waals surface area (Å²) in [6, 6.07) is 2.96. The van der Waals surface area contributed by atoms with Gasteiger partial charge in [-0.2, -0.15) is 0 Å². The number of nitrogens with two attached hydrogens (primary N) is 1. The summed E-state index contributed by atoms with van der Waals surface area (Å²) in [6.07, 6.45) is -1.24. The SMILES string of the molecule is NCC(F)c1ccc(Cl)o1. The molecule has 0 radical (unpaired) electrons. The highest BCUT2D eigenvalue weighted by Gasteiger charge is 2.10. The van der Waals surface area contributed by atoms with Gasteiger partial charge in [-0.25, -0.2) is 4.39 Å². The molecule has 2 N–H and O–H groups in total. The Kier molecular flexibility index (Phi) is 2.29. The first-order valence-corrected chi connectivity index (χ1v) is 3.21. The molecule has 4 heteroatoms. The van der Waals surface area contributed by atoms with Crippen LogP contribution in [0.3, 0.4) is 0 Å². The minimum Gasteiger partial charge on any atom is -0.447 e. The lowest BCUT2D eigenvalue weighted by atomic mass is 10.3. The van der Waals surface area contributed by atoms with E-state index < -0.39 is 6.17 Å². The molecule has 0 fully saturated rings. The monoisotopic (exact) mass is 163 g/mol. The summed E-state index contributed by atoms with van der Waals surface area (Å²) >= 11 is 5.39. The third-order valence-corrected chi connectivity index (χ3v) is 1.31. The first-order chi connectivity index (χ1) is 4.74. The van der Waals surface area contributed by atoms with Crippen molar-refractivity contribution >= 4 is 11.6 Å². The maximum Gasteiger partial charge on any atom is 0.193 e. The van der Waals surface area contributed by atoms with Crippen LogP contribution in [0, 0.1) is 0 Å². The van der Waals surface area contributed by atoms with Crippen LogP contribution in [0.5, 0.6) is 0 Å². The summed E-state index contributed by atoms with van der Waals surface area (Å²) in [7, 11) is 0. The molecular weight excluding hydrogens is 157 g/mol. The quantitative estimate of drug-likeness (QED) is 0.723. The molecule has 1 heterocycles. The zero-order valence-electron chi connectivity index (χ0n) is 5.18. The Balaban J connectivity index is 2.74. The second-order valence-corrected chi connectivity index (χ2v) is 2.22. The van der Waals surface area contributed by atoms with Gasteiger partial charge in [0.15, 0.2) is 11.4 Å². The number of furan rings is 1. The lowest BCUT2D eigenvalue weighted by molar-refractivity contribution is 0.294. The molecule has 0 aliphatic rings. The van der Waals surface area contributed by atoms with E-state index in [1.54, 1.807) is 0 Å². The van der Waals surface area contributed by atoms with E-state index in [4.69, 9.17) is 21.8 Å². The number of rotatable bonds is 2. The van der Waals surface area contributed by atoms with E-state index in [1.165, 1.54) is 12.1 Å². The third kappa shape index (κ3) is 1.49. The predicted octanol–water partition coefficient (Wildman–Crippen LogP) is 1.90. The molecule has 1 atom stereocenters. The number of hydrogen-bond acceptors (Lipinski definition) is 2. The van der Waals surface area contributed by atoms with E-state index in [-0.39, 0.29) is 17.5 Å². The van der Waals surface area contributed by atoms with Gasteiger partial charge in [-0.3, -0.25) is 0 Å². The summed E-state index contributed by atoms with van der Waals surface area (Å²) in [6.45, 7) is -0.0795. The first kappa shape index (κ1) is 7.57. The largest absolute Gasteiger partial charge is 0.447 e. The second-order valence-electron chi connectivity index (χ2n) is 1.85. The van der Waals surface area contributed by atoms with Crippen LogP contribution in [0.25, 0.3) is 0 Å². The van der Waals surface area contributed by atoms with Crippen molar-refractivity contribution in [3.63, 3.8) is 0 Å². The Labute approximate surface area is 62.8 Å². The Morgan fingerprint density at radius 1 is 1.70 bits per heavy atom. The summed E-state index contributed by atoms with van der Waals surface area (Å²) in [5.74, 6) is 0.188. The lowest BCUT2D eigenvalue weighted by Gasteiger charge is -1.97. The van der Waals surface area contributed by atoms with Gasteiger partial charge in [-0.1, -0.05) is 0 Å². The molecule has 10 heavy (non-hydrogen) atoms. The van der Waals surface area contributed by atoms with Gasteiger partial charge in [0.1, 0.15) is 5.76 Å². The van der Waals surface area contributed by atoms with Crippen molar-refractivity contribution in [2.45, 2.75) is 6.17 Å². The summed E-state index contributed by atoms with van der Waals surface area (Å²) in [5, 5.41) is 0.186. The van der Waals surface area contributed by atoms with E-state index in [9.17, 15) is 4.39 Å². The number of hydrogen-bond donors (Lipinski definition) is 1. The standard InChI is InChI=1S/C6H7ClFNO/c7-6-2-1-5(10-6)4(8)3-9/h1-2,4H,3,9H2. The molecule has 1 aromatic heterocycles. The van der Waals surface area contributed by atoms with E-state index in [0.29, 0.717) is 0 Å². The normalized spacial score (nSPS) is 13.5. The van der Waals surface area contributed by atoms with Crippen LogP contribution in [-0.4, -0.2) is 6.54 Å². The molecule has 0 saturated heterocycles. The molecule has 1 aromatic rings. The van der Waals surface area contributed by atoms with Crippen molar-refractivity contribution < 1.29 is 8.81 Å². The van der Waals surface area contributed by atoms with Gasteiger partial charge in [0.05, 0.1) is 0 Å². The van der Waals surface area contributed by atoms with Crippen molar-refractivity contribution in [1.82, 2.24) is 0 Å². The lowest BCUT2D eigenvalue weighted by Crippen LogP contribution is -2.06. The molecule has 1 unspecified atom stereocenters. The third-order valence-electron chi connectivity index (χ3n) is 1.11. The van der Waals surface area contributed by atoms with E-state index >= 15 is 0 Å². The van der Waals surface area contributed by atoms with Gasteiger partial charge >= 0.3 is 0 Å². The van der Waals surface area contributed by atoms with Crippen LogP contribution in [0.4, 0.5) is 4.39 Å².